The maximum atomic E-state index is 14.5. The number of rotatable bonds is 19. The first kappa shape index (κ1) is 77.0. The second kappa shape index (κ2) is 33.5. The zero-order valence-electron chi connectivity index (χ0n) is 58.2. The van der Waals surface area contributed by atoms with E-state index in [1.807, 2.05) is 24.3 Å². The van der Waals surface area contributed by atoms with Crippen molar-refractivity contribution in [3.8, 4) is 56.6 Å². The van der Waals surface area contributed by atoms with Crippen LogP contribution in [-0.4, -0.2) is 101 Å². The van der Waals surface area contributed by atoms with E-state index in [1.54, 1.807) is 173 Å². The van der Waals surface area contributed by atoms with Crippen LogP contribution in [0.3, 0.4) is 0 Å². The van der Waals surface area contributed by atoms with E-state index < -0.39 is 124 Å². The summed E-state index contributed by atoms with van der Waals surface area (Å²) in [6.45, 7) is 15.4. The molecule has 0 aliphatic carbocycles. The smallest absolute Gasteiger partial charge is 0.326 e. The van der Waals surface area contributed by atoms with Crippen LogP contribution in [0, 0.1) is 41.8 Å². The molecule has 1 heterocycles. The topological polar surface area (TPSA) is 190 Å². The molecule has 0 saturated carbocycles. The van der Waals surface area contributed by atoms with Gasteiger partial charge in [0.25, 0.3) is 17.7 Å². The number of esters is 3. The average molecular weight is 1390 g/mol. The van der Waals surface area contributed by atoms with Gasteiger partial charge in [-0.05, 0) is 195 Å². The van der Waals surface area contributed by atoms with Gasteiger partial charge in [-0.2, -0.15) is 0 Å². The zero-order valence-corrected chi connectivity index (χ0v) is 58.2. The quantitative estimate of drug-likeness (QED) is 0.0422. The molecule has 0 radical (unpaired) electrons. The molecule has 8 aromatic carbocycles. The second-order valence-corrected chi connectivity index (χ2v) is 25.4. The third-order valence-corrected chi connectivity index (χ3v) is 14.3. The van der Waals surface area contributed by atoms with E-state index >= 15 is 0 Å². The van der Waals surface area contributed by atoms with Crippen molar-refractivity contribution >= 4 is 52.7 Å². The Labute approximate surface area is 581 Å². The number of halogens is 6. The highest BCUT2D eigenvalue weighted by Crippen LogP contribution is 2.45. The predicted molar refractivity (Wildman–Crippen MR) is 370 cm³/mol. The van der Waals surface area contributed by atoms with Gasteiger partial charge in [0.1, 0.15) is 105 Å². The summed E-state index contributed by atoms with van der Waals surface area (Å²) in [5, 5.41) is 0. The average Bonchev–Trinajstić information content (AvgIpc) is 1.05. The van der Waals surface area contributed by atoms with E-state index in [4.69, 9.17) is 37.6 Å². The minimum absolute atomic E-state index is 0.216. The summed E-state index contributed by atoms with van der Waals surface area (Å²) >= 11 is 0. The molecule has 101 heavy (non-hydrogen) atoms. The molecule has 0 N–H and O–H groups in total. The van der Waals surface area contributed by atoms with Crippen LogP contribution in [0.2, 0.25) is 0 Å². The lowest BCUT2D eigenvalue weighted by molar-refractivity contribution is -0.154. The monoisotopic (exact) mass is 1390 g/mol. The summed E-state index contributed by atoms with van der Waals surface area (Å²) in [7, 11) is 6.01. The van der Waals surface area contributed by atoms with Crippen LogP contribution in [0.1, 0.15) is 99.1 Å². The number of hydrogen-bond acceptors (Lipinski definition) is 14. The molecule has 530 valence electrons. The third kappa shape index (κ3) is 20.6. The molecule has 0 aliphatic rings. The van der Waals surface area contributed by atoms with Gasteiger partial charge in [0.15, 0.2) is 11.5 Å². The normalized spacial score (nSPS) is 11.1. The molecule has 23 heteroatoms. The van der Waals surface area contributed by atoms with Crippen molar-refractivity contribution in [3.63, 3.8) is 0 Å². The number of furan rings is 1. The minimum atomic E-state index is -1.04. The van der Waals surface area contributed by atoms with Gasteiger partial charge in [-0.1, -0.05) is 66.7 Å². The van der Waals surface area contributed by atoms with Crippen LogP contribution in [-0.2, 0) is 28.6 Å². The van der Waals surface area contributed by atoms with E-state index in [-0.39, 0.29) is 17.1 Å². The number of anilines is 3. The molecule has 0 saturated heterocycles. The Morgan fingerprint density at radius 3 is 1.05 bits per heavy atom. The van der Waals surface area contributed by atoms with Crippen molar-refractivity contribution in [2.24, 2.45) is 0 Å². The fraction of sp³-hybridized carbons (Fsp3) is 0.256. The highest BCUT2D eigenvalue weighted by Gasteiger charge is 2.33. The van der Waals surface area contributed by atoms with E-state index in [0.717, 1.165) is 68.3 Å². The van der Waals surface area contributed by atoms with Gasteiger partial charge >= 0.3 is 17.9 Å². The molecule has 0 fully saturated rings. The summed E-state index contributed by atoms with van der Waals surface area (Å²) in [6.07, 6.45) is 0. The zero-order chi connectivity index (χ0) is 74.3. The Balaban J connectivity index is 0.000000213. The molecule has 0 aliphatic heterocycles. The predicted octanol–water partition coefficient (Wildman–Crippen LogP) is 16.8. The maximum Gasteiger partial charge on any atom is 0.326 e. The van der Waals surface area contributed by atoms with Gasteiger partial charge in [0.2, 0.25) is 5.75 Å². The second-order valence-electron chi connectivity index (χ2n) is 25.4. The summed E-state index contributed by atoms with van der Waals surface area (Å²) < 4.78 is 130. The number of hydrogen-bond donors (Lipinski definition) is 0. The number of nitrogens with zero attached hydrogens (tertiary/aromatic N) is 3. The van der Waals surface area contributed by atoms with Crippen molar-refractivity contribution in [3.05, 3.63) is 233 Å². The first-order valence-electron chi connectivity index (χ1n) is 31.4. The van der Waals surface area contributed by atoms with Crippen LogP contribution in [0.5, 0.6) is 23.0 Å². The van der Waals surface area contributed by atoms with Crippen molar-refractivity contribution in [1.82, 2.24) is 0 Å². The molecule has 0 bridgehead atoms. The standard InChI is InChI=1S/C28H29F2NO6.C26H25F2NO4.C24H23F2NO4/c1-28(2,3)37-23(32)16-31(27(33)24-20(29)11-8-12-21(24)30)18-10-7-9-17(15-18)19-13-14-22(34-4)26(36-6)25(19)35-5;1-26(2,3)33-23(30)16-29(25(31)24-21(27)12-7-13-22(24)28)19-10-5-8-17(14-19)18-9-6-11-20(15-18)32-4;1-15-11-12-20(30-15)16-7-5-8-17(13-16)27(14-21(28)31-24(2,3)4)23(29)22-18(25)9-6-10-19(22)26/h7-15H,16H2,1-6H3;5-15H,16H2,1-4H3;5-13H,14H2,1-4H3. The number of ether oxygens (including phenoxy) is 7. The SMILES string of the molecule is COc1ccc(-c2cccc(N(CC(=O)OC(C)(C)C)C(=O)c3c(F)cccc3F)c2)c(OC)c1OC.COc1cccc(-c2cccc(N(CC(=O)OC(C)(C)C)C(=O)c3c(F)cccc3F)c2)c1.Cc1ccc(-c2cccc(N(CC(=O)OC(C)(C)C)C(=O)c3c(F)cccc3F)c2)o1. The van der Waals surface area contributed by atoms with Crippen molar-refractivity contribution in [1.29, 1.82) is 0 Å². The summed E-state index contributed by atoms with van der Waals surface area (Å²) in [5.74, 6) is -8.22. The number of carbonyl (C=O) groups excluding carboxylic acids is 6. The lowest BCUT2D eigenvalue weighted by Crippen LogP contribution is -2.39. The minimum Gasteiger partial charge on any atom is -0.497 e. The highest BCUT2D eigenvalue weighted by molar-refractivity contribution is 6.11. The Hall–Kier alpha value is -11.4. The molecular weight excluding hydrogens is 1320 g/mol. The summed E-state index contributed by atoms with van der Waals surface area (Å²) in [4.78, 5) is 80.6. The highest BCUT2D eigenvalue weighted by atomic mass is 19.2. The molecule has 3 amide bonds. The van der Waals surface area contributed by atoms with Gasteiger partial charge < -0.3 is 37.6 Å². The van der Waals surface area contributed by atoms with Crippen LogP contribution in [0.4, 0.5) is 43.4 Å². The lowest BCUT2D eigenvalue weighted by atomic mass is 10.0. The number of amides is 3. The number of methoxy groups -OCH3 is 4. The van der Waals surface area contributed by atoms with E-state index in [1.165, 1.54) is 33.5 Å². The van der Waals surface area contributed by atoms with Crippen LogP contribution >= 0.6 is 0 Å². The van der Waals surface area contributed by atoms with Crippen LogP contribution < -0.4 is 33.6 Å². The van der Waals surface area contributed by atoms with Crippen molar-refractivity contribution in [2.45, 2.75) is 86.0 Å². The van der Waals surface area contributed by atoms with E-state index in [0.29, 0.717) is 51.2 Å². The molecular formula is C78H77F6N3O14. The molecule has 1 aromatic heterocycles. The van der Waals surface area contributed by atoms with E-state index in [2.05, 4.69) is 0 Å². The molecule has 0 atom stereocenters. The van der Waals surface area contributed by atoms with Gasteiger partial charge in [0.05, 0.1) is 28.4 Å². The fourth-order valence-electron chi connectivity index (χ4n) is 10.1. The molecule has 0 spiro atoms. The number of aryl methyl sites for hydroxylation is 1. The maximum absolute atomic E-state index is 14.5. The van der Waals surface area contributed by atoms with Gasteiger partial charge in [-0.25, -0.2) is 26.3 Å². The first-order valence-corrected chi connectivity index (χ1v) is 31.4. The summed E-state index contributed by atoms with van der Waals surface area (Å²) in [6, 6.07) is 43.6. The fourth-order valence-corrected chi connectivity index (χ4v) is 10.1. The molecule has 9 aromatic rings. The Morgan fingerprint density at radius 1 is 0.366 bits per heavy atom. The van der Waals surface area contributed by atoms with E-state index in [9.17, 15) is 55.1 Å². The molecule has 9 rings (SSSR count). The van der Waals surface area contributed by atoms with Gasteiger partial charge in [-0.15, -0.1) is 0 Å². The Kier molecular flexibility index (Phi) is 25.5. The van der Waals surface area contributed by atoms with Gasteiger partial charge in [-0.3, -0.25) is 43.5 Å². The number of carbonyl (C=O) groups is 6. The Bertz CT molecular complexity index is 4420. The first-order chi connectivity index (χ1) is 47.6. The molecule has 0 unspecified atom stereocenters. The van der Waals surface area contributed by atoms with Crippen LogP contribution in [0.15, 0.2) is 180 Å². The third-order valence-electron chi connectivity index (χ3n) is 14.3. The van der Waals surface area contributed by atoms with Crippen molar-refractivity contribution < 1.29 is 92.7 Å². The van der Waals surface area contributed by atoms with Crippen molar-refractivity contribution in [2.75, 3.05) is 62.8 Å². The van der Waals surface area contributed by atoms with Crippen LogP contribution in [0.25, 0.3) is 33.6 Å². The molecule has 17 nitrogen and oxygen atoms in total. The Morgan fingerprint density at radius 2 is 0.703 bits per heavy atom. The summed E-state index contributed by atoms with van der Waals surface area (Å²) in [5.41, 5.74) is -0.550. The largest absolute Gasteiger partial charge is 0.497 e. The number of benzene rings is 8. The lowest BCUT2D eigenvalue weighted by Gasteiger charge is -2.26. The van der Waals surface area contributed by atoms with Gasteiger partial charge in [0, 0.05) is 28.2 Å².